The Morgan fingerprint density at radius 3 is 2.76 bits per heavy atom. The molecule has 114 valence electrons. The highest BCUT2D eigenvalue weighted by atomic mass is 35.5. The Labute approximate surface area is 132 Å². The summed E-state index contributed by atoms with van der Waals surface area (Å²) in [6.07, 6.45) is 1.46. The second kappa shape index (κ2) is 7.11. The SMILES string of the molecule is O=C(CN1CCCC(C(=O)O)C1)Nc1ccc(Cl)c(Cl)c1. The Morgan fingerprint density at radius 2 is 2.10 bits per heavy atom. The number of hydrogen-bond acceptors (Lipinski definition) is 3. The molecular weight excluding hydrogens is 315 g/mol. The molecule has 1 unspecified atom stereocenters. The van der Waals surface area contributed by atoms with E-state index in [0.29, 0.717) is 28.7 Å². The molecule has 1 amide bonds. The first-order chi connectivity index (χ1) is 9.95. The van der Waals surface area contributed by atoms with E-state index in [0.717, 1.165) is 13.0 Å². The fourth-order valence-corrected chi connectivity index (χ4v) is 2.68. The smallest absolute Gasteiger partial charge is 0.307 e. The van der Waals surface area contributed by atoms with Crippen LogP contribution in [0.1, 0.15) is 12.8 Å². The lowest BCUT2D eigenvalue weighted by Gasteiger charge is -2.29. The summed E-state index contributed by atoms with van der Waals surface area (Å²) in [6, 6.07) is 4.86. The molecule has 0 aliphatic carbocycles. The van der Waals surface area contributed by atoms with Gasteiger partial charge in [-0.1, -0.05) is 23.2 Å². The molecule has 1 aromatic carbocycles. The predicted molar refractivity (Wildman–Crippen MR) is 81.9 cm³/mol. The number of aliphatic carboxylic acids is 1. The Balaban J connectivity index is 1.89. The van der Waals surface area contributed by atoms with Gasteiger partial charge in [0.1, 0.15) is 0 Å². The molecule has 0 aromatic heterocycles. The lowest BCUT2D eigenvalue weighted by atomic mass is 9.98. The molecule has 1 aromatic rings. The number of nitrogens with zero attached hydrogens (tertiary/aromatic N) is 1. The van der Waals surface area contributed by atoms with Crippen LogP contribution in [0.4, 0.5) is 5.69 Å². The average molecular weight is 331 g/mol. The number of carboxylic acids is 1. The molecule has 1 fully saturated rings. The normalized spacial score (nSPS) is 19.2. The molecule has 1 heterocycles. The Kier molecular flexibility index (Phi) is 5.45. The average Bonchev–Trinajstić information content (AvgIpc) is 2.43. The predicted octanol–water partition coefficient (Wildman–Crippen LogP) is 2.73. The largest absolute Gasteiger partial charge is 0.481 e. The molecule has 2 N–H and O–H groups in total. The Hall–Kier alpha value is -1.30. The number of likely N-dealkylation sites (tertiary alicyclic amines) is 1. The first kappa shape index (κ1) is 16.1. The minimum absolute atomic E-state index is 0.171. The molecule has 0 saturated carbocycles. The number of carbonyl (C=O) groups excluding carboxylic acids is 1. The molecule has 0 spiro atoms. The highest BCUT2D eigenvalue weighted by Gasteiger charge is 2.26. The van der Waals surface area contributed by atoms with Gasteiger partial charge < -0.3 is 10.4 Å². The fraction of sp³-hybridized carbons (Fsp3) is 0.429. The van der Waals surface area contributed by atoms with Crippen LogP contribution in [0.25, 0.3) is 0 Å². The van der Waals surface area contributed by atoms with Gasteiger partial charge in [-0.15, -0.1) is 0 Å². The zero-order chi connectivity index (χ0) is 15.4. The van der Waals surface area contributed by atoms with E-state index in [9.17, 15) is 9.59 Å². The molecule has 1 saturated heterocycles. The van der Waals surface area contributed by atoms with Crippen LogP contribution in [0, 0.1) is 5.92 Å². The van der Waals surface area contributed by atoms with E-state index >= 15 is 0 Å². The minimum atomic E-state index is -0.801. The summed E-state index contributed by atoms with van der Waals surface area (Å²) < 4.78 is 0. The molecular formula is C14H16Cl2N2O3. The van der Waals surface area contributed by atoms with Gasteiger partial charge in [0.15, 0.2) is 0 Å². The summed E-state index contributed by atoms with van der Waals surface area (Å²) >= 11 is 11.7. The third-order valence-electron chi connectivity index (χ3n) is 3.43. The molecule has 2 rings (SSSR count). The number of hydrogen-bond donors (Lipinski definition) is 2. The van der Waals surface area contributed by atoms with Gasteiger partial charge in [-0.2, -0.15) is 0 Å². The monoisotopic (exact) mass is 330 g/mol. The lowest BCUT2D eigenvalue weighted by molar-refractivity contribution is -0.144. The van der Waals surface area contributed by atoms with Crippen LogP contribution in [-0.4, -0.2) is 41.5 Å². The van der Waals surface area contributed by atoms with E-state index in [1.807, 2.05) is 4.90 Å². The first-order valence-corrected chi connectivity index (χ1v) is 7.41. The van der Waals surface area contributed by atoms with Crippen LogP contribution in [0.3, 0.4) is 0 Å². The van der Waals surface area contributed by atoms with Crippen molar-refractivity contribution in [2.75, 3.05) is 25.0 Å². The summed E-state index contributed by atoms with van der Waals surface area (Å²) in [7, 11) is 0. The summed E-state index contributed by atoms with van der Waals surface area (Å²) in [4.78, 5) is 24.8. The maximum atomic E-state index is 12.0. The van der Waals surface area contributed by atoms with Gasteiger partial charge in [0.05, 0.1) is 22.5 Å². The van der Waals surface area contributed by atoms with Gasteiger partial charge in [0.2, 0.25) is 5.91 Å². The van der Waals surface area contributed by atoms with Crippen molar-refractivity contribution in [3.05, 3.63) is 28.2 Å². The van der Waals surface area contributed by atoms with E-state index < -0.39 is 11.9 Å². The molecule has 0 radical (unpaired) electrons. The summed E-state index contributed by atoms with van der Waals surface area (Å²) in [5.41, 5.74) is 0.571. The first-order valence-electron chi connectivity index (χ1n) is 6.66. The Bertz CT molecular complexity index is 551. The third-order valence-corrected chi connectivity index (χ3v) is 4.16. The maximum absolute atomic E-state index is 12.0. The van der Waals surface area contributed by atoms with Gasteiger partial charge in [0.25, 0.3) is 0 Å². The van der Waals surface area contributed by atoms with Crippen LogP contribution in [-0.2, 0) is 9.59 Å². The number of benzene rings is 1. The van der Waals surface area contributed by atoms with Crippen molar-refractivity contribution in [3.63, 3.8) is 0 Å². The van der Waals surface area contributed by atoms with Gasteiger partial charge in [-0.05, 0) is 37.6 Å². The molecule has 1 atom stereocenters. The van der Waals surface area contributed by atoms with Crippen LogP contribution in [0.15, 0.2) is 18.2 Å². The maximum Gasteiger partial charge on any atom is 0.307 e. The number of carbonyl (C=O) groups is 2. The topological polar surface area (TPSA) is 69.6 Å². The zero-order valence-electron chi connectivity index (χ0n) is 11.3. The van der Waals surface area contributed by atoms with E-state index in [-0.39, 0.29) is 12.5 Å². The van der Waals surface area contributed by atoms with Gasteiger partial charge in [-0.25, -0.2) is 0 Å². The second-order valence-electron chi connectivity index (χ2n) is 5.09. The molecule has 1 aliphatic heterocycles. The van der Waals surface area contributed by atoms with Crippen molar-refractivity contribution in [3.8, 4) is 0 Å². The number of anilines is 1. The van der Waals surface area contributed by atoms with E-state index in [2.05, 4.69) is 5.32 Å². The van der Waals surface area contributed by atoms with E-state index in [1.165, 1.54) is 0 Å². The third kappa shape index (κ3) is 4.59. The number of nitrogens with one attached hydrogen (secondary N) is 1. The van der Waals surface area contributed by atoms with E-state index in [4.69, 9.17) is 28.3 Å². The molecule has 0 bridgehead atoms. The number of rotatable bonds is 4. The lowest BCUT2D eigenvalue weighted by Crippen LogP contribution is -2.42. The minimum Gasteiger partial charge on any atom is -0.481 e. The van der Waals surface area contributed by atoms with Crippen molar-refractivity contribution < 1.29 is 14.7 Å². The number of halogens is 2. The number of amides is 1. The van der Waals surface area contributed by atoms with Gasteiger partial charge >= 0.3 is 5.97 Å². The summed E-state index contributed by atoms with van der Waals surface area (Å²) in [5, 5.41) is 12.6. The van der Waals surface area contributed by atoms with Crippen molar-refractivity contribution in [2.45, 2.75) is 12.8 Å². The van der Waals surface area contributed by atoms with Gasteiger partial charge in [-0.3, -0.25) is 14.5 Å². The standard InChI is InChI=1S/C14H16Cl2N2O3/c15-11-4-3-10(6-12(11)16)17-13(19)8-18-5-1-2-9(7-18)14(20)21/h3-4,6,9H,1-2,5,7-8H2,(H,17,19)(H,20,21). The zero-order valence-corrected chi connectivity index (χ0v) is 12.8. The number of carboxylic acid groups (broad SMARTS) is 1. The highest BCUT2D eigenvalue weighted by Crippen LogP contribution is 2.25. The summed E-state index contributed by atoms with van der Waals surface area (Å²) in [5.74, 6) is -1.39. The van der Waals surface area contributed by atoms with Crippen LogP contribution < -0.4 is 5.32 Å². The van der Waals surface area contributed by atoms with Crippen molar-refractivity contribution in [2.24, 2.45) is 5.92 Å². The van der Waals surface area contributed by atoms with E-state index in [1.54, 1.807) is 18.2 Å². The second-order valence-corrected chi connectivity index (χ2v) is 5.90. The van der Waals surface area contributed by atoms with Crippen LogP contribution in [0.5, 0.6) is 0 Å². The molecule has 7 heteroatoms. The van der Waals surface area contributed by atoms with Gasteiger partial charge in [0, 0.05) is 12.2 Å². The van der Waals surface area contributed by atoms with Crippen LogP contribution >= 0.6 is 23.2 Å². The van der Waals surface area contributed by atoms with Crippen LogP contribution in [0.2, 0.25) is 10.0 Å². The summed E-state index contributed by atoms with van der Waals surface area (Å²) in [6.45, 7) is 1.31. The molecule has 5 nitrogen and oxygen atoms in total. The molecule has 21 heavy (non-hydrogen) atoms. The number of piperidine rings is 1. The highest BCUT2D eigenvalue weighted by molar-refractivity contribution is 6.42. The van der Waals surface area contributed by atoms with Crippen molar-refractivity contribution in [1.82, 2.24) is 4.90 Å². The fourth-order valence-electron chi connectivity index (χ4n) is 2.38. The molecule has 1 aliphatic rings. The quantitative estimate of drug-likeness (QED) is 0.890. The van der Waals surface area contributed by atoms with Crippen molar-refractivity contribution in [1.29, 1.82) is 0 Å². The Morgan fingerprint density at radius 1 is 1.33 bits per heavy atom. The van der Waals surface area contributed by atoms with Crippen molar-refractivity contribution >= 4 is 40.8 Å².